The highest BCUT2D eigenvalue weighted by atomic mass is 16.5. The SMILES string of the molecule is CN(C)CCOc1ccc2nc(-c3n[nH]c4ccc(C(=O)NCCCN)cc34)[nH]c2c1. The number of carbonyl (C=O) groups excluding carboxylic acids is 1. The number of benzene rings is 2. The number of H-pyrrole nitrogens is 2. The number of imidazole rings is 1. The third kappa shape index (κ3) is 4.68. The minimum Gasteiger partial charge on any atom is -0.492 e. The monoisotopic (exact) mass is 421 g/mol. The smallest absolute Gasteiger partial charge is 0.251 e. The third-order valence-corrected chi connectivity index (χ3v) is 4.98. The van der Waals surface area contributed by atoms with Crippen LogP contribution in [-0.4, -0.2) is 71.3 Å². The van der Waals surface area contributed by atoms with E-state index < -0.39 is 0 Å². The topological polar surface area (TPSA) is 125 Å². The van der Waals surface area contributed by atoms with Crippen molar-refractivity contribution in [1.29, 1.82) is 0 Å². The van der Waals surface area contributed by atoms with Gasteiger partial charge in [0.25, 0.3) is 5.91 Å². The molecule has 0 saturated heterocycles. The second-order valence-electron chi connectivity index (χ2n) is 7.65. The lowest BCUT2D eigenvalue weighted by Crippen LogP contribution is -2.25. The van der Waals surface area contributed by atoms with Crippen molar-refractivity contribution in [3.05, 3.63) is 42.0 Å². The van der Waals surface area contributed by atoms with Crippen LogP contribution in [0.1, 0.15) is 16.8 Å². The molecule has 0 saturated carbocycles. The largest absolute Gasteiger partial charge is 0.492 e. The summed E-state index contributed by atoms with van der Waals surface area (Å²) in [5.74, 6) is 1.28. The first-order valence-electron chi connectivity index (χ1n) is 10.3. The van der Waals surface area contributed by atoms with Crippen LogP contribution in [0, 0.1) is 0 Å². The molecule has 4 aromatic rings. The van der Waals surface area contributed by atoms with Gasteiger partial charge in [-0.1, -0.05) is 0 Å². The minimum atomic E-state index is -0.133. The highest BCUT2D eigenvalue weighted by Crippen LogP contribution is 2.28. The first kappa shape index (κ1) is 20.8. The van der Waals surface area contributed by atoms with Gasteiger partial charge in [-0.2, -0.15) is 5.10 Å². The van der Waals surface area contributed by atoms with E-state index in [1.807, 2.05) is 44.4 Å². The van der Waals surface area contributed by atoms with E-state index in [0.29, 0.717) is 36.8 Å². The number of amides is 1. The van der Waals surface area contributed by atoms with E-state index >= 15 is 0 Å². The average Bonchev–Trinajstić information content (AvgIpc) is 3.36. The standard InChI is InChI=1S/C22H27N7O2/c1-29(2)10-11-31-15-5-7-18-19(13-15)26-21(25-18)20-16-12-14(4-6-17(16)27-28-20)22(30)24-9-3-8-23/h4-7,12-13H,3,8-11,23H2,1-2H3,(H,24,30)(H,25,26)(H,27,28). The summed E-state index contributed by atoms with van der Waals surface area (Å²) >= 11 is 0. The molecule has 0 spiro atoms. The van der Waals surface area contributed by atoms with E-state index in [4.69, 9.17) is 10.5 Å². The van der Waals surface area contributed by atoms with Crippen molar-refractivity contribution in [3.8, 4) is 17.3 Å². The zero-order chi connectivity index (χ0) is 21.8. The number of likely N-dealkylation sites (N-methyl/N-ethyl adjacent to an activating group) is 1. The third-order valence-electron chi connectivity index (χ3n) is 4.98. The molecule has 2 aromatic heterocycles. The molecule has 0 bridgehead atoms. The fraction of sp³-hybridized carbons (Fsp3) is 0.318. The quantitative estimate of drug-likeness (QED) is 0.307. The Bertz CT molecular complexity index is 1200. The Labute approximate surface area is 180 Å². The summed E-state index contributed by atoms with van der Waals surface area (Å²) in [6, 6.07) is 11.2. The Morgan fingerprint density at radius 3 is 2.87 bits per heavy atom. The van der Waals surface area contributed by atoms with Crippen LogP contribution in [0.25, 0.3) is 33.5 Å². The molecule has 0 aliphatic carbocycles. The number of aromatic amines is 2. The van der Waals surface area contributed by atoms with Crippen LogP contribution in [0.2, 0.25) is 0 Å². The van der Waals surface area contributed by atoms with Crippen molar-refractivity contribution in [2.75, 3.05) is 40.3 Å². The van der Waals surface area contributed by atoms with Crippen molar-refractivity contribution in [2.45, 2.75) is 6.42 Å². The van der Waals surface area contributed by atoms with Gasteiger partial charge in [-0.3, -0.25) is 9.89 Å². The maximum Gasteiger partial charge on any atom is 0.251 e. The molecule has 1 amide bonds. The van der Waals surface area contributed by atoms with E-state index in [-0.39, 0.29) is 5.91 Å². The van der Waals surface area contributed by atoms with E-state index in [0.717, 1.165) is 40.7 Å². The van der Waals surface area contributed by atoms with Crippen LogP contribution in [-0.2, 0) is 0 Å². The van der Waals surface area contributed by atoms with Crippen LogP contribution in [0.5, 0.6) is 5.75 Å². The van der Waals surface area contributed by atoms with Crippen LogP contribution < -0.4 is 15.8 Å². The van der Waals surface area contributed by atoms with Crippen molar-refractivity contribution < 1.29 is 9.53 Å². The molecule has 0 unspecified atom stereocenters. The summed E-state index contributed by atoms with van der Waals surface area (Å²) in [7, 11) is 4.02. The van der Waals surface area contributed by atoms with E-state index in [1.165, 1.54) is 0 Å². The number of nitrogens with one attached hydrogen (secondary N) is 3. The molecular weight excluding hydrogens is 394 g/mol. The second-order valence-corrected chi connectivity index (χ2v) is 7.65. The fourth-order valence-electron chi connectivity index (χ4n) is 3.28. The van der Waals surface area contributed by atoms with Gasteiger partial charge in [-0.15, -0.1) is 0 Å². The molecule has 0 aliphatic heterocycles. The van der Waals surface area contributed by atoms with Crippen molar-refractivity contribution >= 4 is 27.8 Å². The van der Waals surface area contributed by atoms with Crippen molar-refractivity contribution in [2.24, 2.45) is 5.73 Å². The molecule has 4 rings (SSSR count). The van der Waals surface area contributed by atoms with Crippen molar-refractivity contribution in [3.63, 3.8) is 0 Å². The number of nitrogens with two attached hydrogens (primary N) is 1. The van der Waals surface area contributed by atoms with Crippen LogP contribution in [0.4, 0.5) is 0 Å². The number of hydrogen-bond donors (Lipinski definition) is 4. The summed E-state index contributed by atoms with van der Waals surface area (Å²) in [5.41, 5.74) is 9.25. The van der Waals surface area contributed by atoms with E-state index in [1.54, 1.807) is 6.07 Å². The molecule has 9 nitrogen and oxygen atoms in total. The second kappa shape index (κ2) is 9.15. The number of rotatable bonds is 9. The Balaban J connectivity index is 1.60. The maximum absolute atomic E-state index is 12.4. The number of ether oxygens (including phenoxy) is 1. The minimum absolute atomic E-state index is 0.133. The lowest BCUT2D eigenvalue weighted by molar-refractivity contribution is 0.0953. The first-order valence-corrected chi connectivity index (χ1v) is 10.3. The van der Waals surface area contributed by atoms with Gasteiger partial charge in [-0.05, 0) is 57.4 Å². The fourth-order valence-corrected chi connectivity index (χ4v) is 3.28. The Kier molecular flexibility index (Phi) is 6.15. The van der Waals surface area contributed by atoms with Gasteiger partial charge in [-0.25, -0.2) is 4.98 Å². The lowest BCUT2D eigenvalue weighted by atomic mass is 10.1. The van der Waals surface area contributed by atoms with E-state index in [9.17, 15) is 4.79 Å². The highest BCUT2D eigenvalue weighted by Gasteiger charge is 2.15. The molecule has 5 N–H and O–H groups in total. The Hall–Kier alpha value is -3.43. The highest BCUT2D eigenvalue weighted by molar-refractivity contribution is 6.01. The molecule has 2 heterocycles. The molecular formula is C22H27N7O2. The molecule has 31 heavy (non-hydrogen) atoms. The number of fused-ring (bicyclic) bond motifs is 2. The zero-order valence-electron chi connectivity index (χ0n) is 17.7. The zero-order valence-corrected chi connectivity index (χ0v) is 17.7. The average molecular weight is 422 g/mol. The number of carbonyl (C=O) groups is 1. The molecule has 0 radical (unpaired) electrons. The number of aromatic nitrogens is 4. The van der Waals surface area contributed by atoms with Crippen LogP contribution in [0.3, 0.4) is 0 Å². The van der Waals surface area contributed by atoms with Gasteiger partial charge in [0.1, 0.15) is 18.1 Å². The molecule has 2 aromatic carbocycles. The van der Waals surface area contributed by atoms with Gasteiger partial charge in [0.2, 0.25) is 0 Å². The summed E-state index contributed by atoms with van der Waals surface area (Å²) in [6.45, 7) is 2.54. The molecule has 0 atom stereocenters. The maximum atomic E-state index is 12.4. The first-order chi connectivity index (χ1) is 15.0. The van der Waals surface area contributed by atoms with Gasteiger partial charge in [0, 0.05) is 30.1 Å². The van der Waals surface area contributed by atoms with Gasteiger partial charge in [0.15, 0.2) is 5.82 Å². The number of hydrogen-bond acceptors (Lipinski definition) is 6. The predicted octanol–water partition coefficient (Wildman–Crippen LogP) is 2.13. The number of nitrogens with zero attached hydrogens (tertiary/aromatic N) is 3. The Morgan fingerprint density at radius 2 is 2.06 bits per heavy atom. The summed E-state index contributed by atoms with van der Waals surface area (Å²) in [6.07, 6.45) is 0.741. The Morgan fingerprint density at radius 1 is 1.19 bits per heavy atom. The molecule has 9 heteroatoms. The van der Waals surface area contributed by atoms with Gasteiger partial charge >= 0.3 is 0 Å². The summed E-state index contributed by atoms with van der Waals surface area (Å²) < 4.78 is 5.81. The molecule has 0 aliphatic rings. The van der Waals surface area contributed by atoms with E-state index in [2.05, 4.69) is 30.4 Å². The lowest BCUT2D eigenvalue weighted by Gasteiger charge is -2.10. The normalized spacial score (nSPS) is 11.5. The van der Waals surface area contributed by atoms with Crippen molar-refractivity contribution in [1.82, 2.24) is 30.4 Å². The van der Waals surface area contributed by atoms with Crippen LogP contribution >= 0.6 is 0 Å². The summed E-state index contributed by atoms with van der Waals surface area (Å²) in [5, 5.41) is 11.1. The van der Waals surface area contributed by atoms with Gasteiger partial charge < -0.3 is 25.7 Å². The predicted molar refractivity (Wildman–Crippen MR) is 121 cm³/mol. The molecule has 0 fully saturated rings. The summed E-state index contributed by atoms with van der Waals surface area (Å²) in [4.78, 5) is 22.5. The van der Waals surface area contributed by atoms with Crippen LogP contribution in [0.15, 0.2) is 36.4 Å². The molecule has 162 valence electrons. The van der Waals surface area contributed by atoms with Gasteiger partial charge in [0.05, 0.1) is 16.6 Å².